The molecule has 0 aliphatic carbocycles. The van der Waals surface area contributed by atoms with E-state index in [2.05, 4.69) is 15.0 Å². The van der Waals surface area contributed by atoms with E-state index in [-0.39, 0.29) is 5.69 Å². The summed E-state index contributed by atoms with van der Waals surface area (Å²) in [6.45, 7) is 3.98. The van der Waals surface area contributed by atoms with Crippen LogP contribution in [0.5, 0.6) is 5.75 Å². The van der Waals surface area contributed by atoms with Crippen molar-refractivity contribution in [1.82, 2.24) is 15.0 Å². The van der Waals surface area contributed by atoms with Gasteiger partial charge in [-0.05, 0) is 49.2 Å². The van der Waals surface area contributed by atoms with Crippen molar-refractivity contribution in [2.24, 2.45) is 0 Å². The topological polar surface area (TPSA) is 65.0 Å². The van der Waals surface area contributed by atoms with Gasteiger partial charge < -0.3 is 4.74 Å². The number of hydrogen-bond donors (Lipinski definition) is 0. The Morgan fingerprint density at radius 2 is 1.81 bits per heavy atom. The van der Waals surface area contributed by atoms with E-state index in [0.717, 1.165) is 21.3 Å². The number of hydrogen-bond acceptors (Lipinski definition) is 6. The van der Waals surface area contributed by atoms with Gasteiger partial charge >= 0.3 is 5.97 Å². The maximum Gasteiger partial charge on any atom is 0.364 e. The number of para-hydroxylation sites is 1. The van der Waals surface area contributed by atoms with Gasteiger partial charge in [-0.15, -0.1) is 11.3 Å². The van der Waals surface area contributed by atoms with Crippen LogP contribution in [0, 0.1) is 13.8 Å². The van der Waals surface area contributed by atoms with Gasteiger partial charge in [0.15, 0.2) is 5.69 Å². The van der Waals surface area contributed by atoms with Gasteiger partial charge in [0.1, 0.15) is 16.5 Å². The predicted molar refractivity (Wildman–Crippen MR) is 102 cm³/mol. The number of carbonyl (C=O) groups is 1. The Bertz CT molecular complexity index is 1090. The summed E-state index contributed by atoms with van der Waals surface area (Å²) in [7, 11) is 0. The van der Waals surface area contributed by atoms with E-state index in [9.17, 15) is 4.79 Å². The van der Waals surface area contributed by atoms with Crippen LogP contribution in [0.25, 0.3) is 20.9 Å². The van der Waals surface area contributed by atoms with Crippen molar-refractivity contribution in [2.75, 3.05) is 0 Å². The maximum absolute atomic E-state index is 12.7. The second-order valence-corrected chi connectivity index (χ2v) is 6.91. The van der Waals surface area contributed by atoms with Crippen molar-refractivity contribution in [3.05, 3.63) is 71.7 Å². The monoisotopic (exact) mass is 361 g/mol. The summed E-state index contributed by atoms with van der Waals surface area (Å²) in [5, 5.41) is 0.645. The number of aryl methyl sites for hydroxylation is 2. The van der Waals surface area contributed by atoms with E-state index in [1.54, 1.807) is 12.3 Å². The number of benzene rings is 2. The molecule has 128 valence electrons. The molecule has 0 bridgehead atoms. The molecule has 0 saturated carbocycles. The Balaban J connectivity index is 1.70. The molecule has 2 heterocycles. The third-order valence-electron chi connectivity index (χ3n) is 4.08. The van der Waals surface area contributed by atoms with Crippen LogP contribution in [-0.4, -0.2) is 20.9 Å². The third-order valence-corrected chi connectivity index (χ3v) is 5.12. The van der Waals surface area contributed by atoms with Crippen molar-refractivity contribution in [2.45, 2.75) is 13.8 Å². The largest absolute Gasteiger partial charge is 0.422 e. The van der Waals surface area contributed by atoms with Gasteiger partial charge in [0.05, 0.1) is 10.2 Å². The Morgan fingerprint density at radius 1 is 1.00 bits per heavy atom. The smallest absolute Gasteiger partial charge is 0.364 e. The van der Waals surface area contributed by atoms with Crippen LogP contribution in [0.4, 0.5) is 0 Å². The van der Waals surface area contributed by atoms with E-state index >= 15 is 0 Å². The van der Waals surface area contributed by atoms with E-state index in [1.165, 1.54) is 17.5 Å². The fourth-order valence-electron chi connectivity index (χ4n) is 2.55. The second kappa shape index (κ2) is 6.65. The van der Waals surface area contributed by atoms with E-state index in [4.69, 9.17) is 4.74 Å². The number of thiazole rings is 1. The number of aromatic nitrogens is 3. The third kappa shape index (κ3) is 3.07. The predicted octanol–water partition coefficient (Wildman–Crippen LogP) is 4.59. The van der Waals surface area contributed by atoms with Crippen LogP contribution in [-0.2, 0) is 0 Å². The lowest BCUT2D eigenvalue weighted by atomic mass is 10.1. The average Bonchev–Trinajstić information content (AvgIpc) is 3.09. The van der Waals surface area contributed by atoms with Gasteiger partial charge in [-0.2, -0.15) is 0 Å². The molecule has 0 N–H and O–H groups in total. The number of ether oxygens (including phenoxy) is 1. The molecular formula is C20H15N3O2S. The highest BCUT2D eigenvalue weighted by Crippen LogP contribution is 2.30. The molecule has 2 aromatic heterocycles. The van der Waals surface area contributed by atoms with Gasteiger partial charge in [0.2, 0.25) is 0 Å². The maximum atomic E-state index is 12.7. The van der Waals surface area contributed by atoms with Crippen molar-refractivity contribution in [1.29, 1.82) is 0 Å². The van der Waals surface area contributed by atoms with Crippen LogP contribution in [0.15, 0.2) is 54.9 Å². The number of rotatable bonds is 3. The minimum absolute atomic E-state index is 0.157. The second-order valence-electron chi connectivity index (χ2n) is 5.88. The zero-order chi connectivity index (χ0) is 18.1. The average molecular weight is 361 g/mol. The summed E-state index contributed by atoms with van der Waals surface area (Å²) in [5.74, 6) is -0.0605. The molecular weight excluding hydrogens is 346 g/mol. The number of esters is 1. The van der Waals surface area contributed by atoms with Crippen LogP contribution in [0.3, 0.4) is 0 Å². The molecule has 0 fully saturated rings. The highest BCUT2D eigenvalue weighted by molar-refractivity contribution is 7.21. The van der Waals surface area contributed by atoms with Gasteiger partial charge in [0.25, 0.3) is 0 Å². The van der Waals surface area contributed by atoms with Crippen LogP contribution < -0.4 is 4.74 Å². The zero-order valence-electron chi connectivity index (χ0n) is 14.3. The number of nitrogens with zero attached hydrogens (tertiary/aromatic N) is 3. The first kappa shape index (κ1) is 16.4. The molecule has 0 spiro atoms. The highest BCUT2D eigenvalue weighted by atomic mass is 32.1. The summed E-state index contributed by atoms with van der Waals surface area (Å²) in [5.41, 5.74) is 3.65. The fourth-order valence-corrected chi connectivity index (χ4v) is 3.51. The molecule has 0 aliphatic heterocycles. The van der Waals surface area contributed by atoms with Crippen molar-refractivity contribution < 1.29 is 9.53 Å². The summed E-state index contributed by atoms with van der Waals surface area (Å²) in [6.07, 6.45) is 3.03. The Morgan fingerprint density at radius 3 is 2.62 bits per heavy atom. The molecule has 6 heteroatoms. The lowest BCUT2D eigenvalue weighted by Gasteiger charge is -2.07. The summed E-state index contributed by atoms with van der Waals surface area (Å²) in [6, 6.07) is 13.3. The SMILES string of the molecule is Cc1ccc(OC(=O)c2nccnc2-c2nc3ccccc3s2)cc1C. The first-order valence-electron chi connectivity index (χ1n) is 8.08. The number of fused-ring (bicyclic) bond motifs is 1. The van der Waals surface area contributed by atoms with Gasteiger partial charge in [-0.3, -0.25) is 0 Å². The minimum atomic E-state index is -0.546. The first-order chi connectivity index (χ1) is 12.6. The van der Waals surface area contributed by atoms with Crippen molar-refractivity contribution in [3.8, 4) is 16.5 Å². The molecule has 2 aromatic carbocycles. The lowest BCUT2D eigenvalue weighted by molar-refractivity contribution is 0.0729. The molecule has 4 aromatic rings. The lowest BCUT2D eigenvalue weighted by Crippen LogP contribution is -2.13. The molecule has 0 radical (unpaired) electrons. The number of carbonyl (C=O) groups excluding carboxylic acids is 1. The van der Waals surface area contributed by atoms with Crippen molar-refractivity contribution >= 4 is 27.5 Å². The molecule has 0 saturated heterocycles. The Kier molecular flexibility index (Phi) is 4.18. The standard InChI is InChI=1S/C20H15N3O2S/c1-12-7-8-14(11-13(12)2)25-20(24)18-17(21-9-10-22-18)19-23-15-5-3-4-6-16(15)26-19/h3-11H,1-2H3. The summed E-state index contributed by atoms with van der Waals surface area (Å²) >= 11 is 1.47. The van der Waals surface area contributed by atoms with Gasteiger partial charge in [-0.1, -0.05) is 18.2 Å². The molecule has 0 atom stereocenters. The zero-order valence-corrected chi connectivity index (χ0v) is 15.1. The van der Waals surface area contributed by atoms with Crippen molar-refractivity contribution in [3.63, 3.8) is 0 Å². The summed E-state index contributed by atoms with van der Waals surface area (Å²) in [4.78, 5) is 25.8. The Hall–Kier alpha value is -3.12. The van der Waals surface area contributed by atoms with Crippen LogP contribution in [0.1, 0.15) is 21.6 Å². The quantitative estimate of drug-likeness (QED) is 0.394. The molecule has 0 unspecified atom stereocenters. The van der Waals surface area contributed by atoms with Gasteiger partial charge in [0, 0.05) is 12.4 Å². The summed E-state index contributed by atoms with van der Waals surface area (Å²) < 4.78 is 6.54. The minimum Gasteiger partial charge on any atom is -0.422 e. The van der Waals surface area contributed by atoms with Crippen LogP contribution >= 0.6 is 11.3 Å². The first-order valence-corrected chi connectivity index (χ1v) is 8.90. The van der Waals surface area contributed by atoms with E-state index in [1.807, 2.05) is 50.2 Å². The molecule has 26 heavy (non-hydrogen) atoms. The molecule has 4 rings (SSSR count). The van der Waals surface area contributed by atoms with Gasteiger partial charge in [-0.25, -0.2) is 19.7 Å². The van der Waals surface area contributed by atoms with E-state index in [0.29, 0.717) is 16.5 Å². The Labute approximate surface area is 154 Å². The van der Waals surface area contributed by atoms with Crippen LogP contribution in [0.2, 0.25) is 0 Å². The molecule has 0 aliphatic rings. The fraction of sp³-hybridized carbons (Fsp3) is 0.100. The molecule has 0 amide bonds. The normalized spacial score (nSPS) is 10.8. The van der Waals surface area contributed by atoms with E-state index < -0.39 is 5.97 Å². The highest BCUT2D eigenvalue weighted by Gasteiger charge is 2.20. The molecule has 5 nitrogen and oxygen atoms in total.